The number of hydrogen-bond acceptors (Lipinski definition) is 4. The van der Waals surface area contributed by atoms with Crippen molar-refractivity contribution < 1.29 is 9.53 Å². The van der Waals surface area contributed by atoms with Gasteiger partial charge in [-0.25, -0.2) is 4.98 Å². The fourth-order valence-corrected chi connectivity index (χ4v) is 2.72. The highest BCUT2D eigenvalue weighted by atomic mass is 79.9. The second-order valence-electron chi connectivity index (χ2n) is 4.58. The summed E-state index contributed by atoms with van der Waals surface area (Å²) in [7, 11) is 0. The van der Waals surface area contributed by atoms with E-state index in [0.717, 1.165) is 39.9 Å². The lowest BCUT2D eigenvalue weighted by Gasteiger charge is -2.10. The topological polar surface area (TPSA) is 51.2 Å². The summed E-state index contributed by atoms with van der Waals surface area (Å²) in [6, 6.07) is 7.52. The van der Waals surface area contributed by atoms with Gasteiger partial charge in [-0.2, -0.15) is 0 Å². The van der Waals surface area contributed by atoms with Crippen molar-refractivity contribution in [2.45, 2.75) is 13.0 Å². The largest absolute Gasteiger partial charge is 0.492 e. The van der Waals surface area contributed by atoms with Gasteiger partial charge >= 0.3 is 0 Å². The van der Waals surface area contributed by atoms with E-state index in [4.69, 9.17) is 4.74 Å². The highest BCUT2D eigenvalue weighted by molar-refractivity contribution is 9.10. The van der Waals surface area contributed by atoms with Crippen LogP contribution < -0.4 is 10.1 Å². The number of fused-ring (bicyclic) bond motifs is 1. The number of rotatable bonds is 4. The van der Waals surface area contributed by atoms with Gasteiger partial charge < -0.3 is 10.1 Å². The Balaban J connectivity index is 1.79. The van der Waals surface area contributed by atoms with Gasteiger partial charge in [0.25, 0.3) is 0 Å². The number of aldehydes is 1. The molecule has 1 N–H and O–H groups in total. The lowest BCUT2D eigenvalue weighted by atomic mass is 10.1. The van der Waals surface area contributed by atoms with Gasteiger partial charge in [-0.3, -0.25) is 4.79 Å². The Labute approximate surface area is 125 Å². The maximum atomic E-state index is 10.8. The van der Waals surface area contributed by atoms with Gasteiger partial charge in [0.2, 0.25) is 0 Å². The second-order valence-corrected chi connectivity index (χ2v) is 5.43. The second kappa shape index (κ2) is 5.63. The molecule has 5 heteroatoms. The Morgan fingerprint density at radius 2 is 2.35 bits per heavy atom. The molecule has 0 saturated carbocycles. The molecule has 0 bridgehead atoms. The Morgan fingerprint density at radius 3 is 3.20 bits per heavy atom. The summed E-state index contributed by atoms with van der Waals surface area (Å²) >= 11 is 3.44. The highest BCUT2D eigenvalue weighted by Crippen LogP contribution is 2.36. The third kappa shape index (κ3) is 2.54. The van der Waals surface area contributed by atoms with Crippen molar-refractivity contribution in [3.63, 3.8) is 0 Å². The number of anilines is 1. The molecule has 0 aliphatic carbocycles. The van der Waals surface area contributed by atoms with Crippen LogP contribution in [0.5, 0.6) is 5.75 Å². The minimum absolute atomic E-state index is 0.628. The van der Waals surface area contributed by atoms with Crippen molar-refractivity contribution in [2.75, 3.05) is 11.9 Å². The third-order valence-corrected chi connectivity index (χ3v) is 3.79. The van der Waals surface area contributed by atoms with Gasteiger partial charge in [0.15, 0.2) is 0 Å². The molecule has 0 fully saturated rings. The Morgan fingerprint density at radius 1 is 1.45 bits per heavy atom. The molecule has 0 saturated heterocycles. The molecule has 0 amide bonds. The number of aromatic nitrogens is 1. The van der Waals surface area contributed by atoms with Crippen LogP contribution in [-0.2, 0) is 13.0 Å². The summed E-state index contributed by atoms with van der Waals surface area (Å²) in [6.07, 6.45) is 3.46. The van der Waals surface area contributed by atoms with Crippen LogP contribution in [0, 0.1) is 0 Å². The number of benzene rings is 1. The number of carbonyl (C=O) groups is 1. The maximum Gasteiger partial charge on any atom is 0.150 e. The molecule has 20 heavy (non-hydrogen) atoms. The molecule has 4 nitrogen and oxygen atoms in total. The first kappa shape index (κ1) is 13.1. The quantitative estimate of drug-likeness (QED) is 0.873. The fraction of sp³-hybridized carbons (Fsp3) is 0.200. The lowest BCUT2D eigenvalue weighted by Crippen LogP contribution is -2.04. The molecule has 3 rings (SSSR count). The minimum atomic E-state index is 0.628. The van der Waals surface area contributed by atoms with Crippen molar-refractivity contribution in [3.05, 3.63) is 51.6 Å². The molecular weight excluding hydrogens is 320 g/mol. The van der Waals surface area contributed by atoms with E-state index in [1.165, 1.54) is 0 Å². The maximum absolute atomic E-state index is 10.8. The van der Waals surface area contributed by atoms with Crippen molar-refractivity contribution in [3.8, 4) is 5.75 Å². The van der Waals surface area contributed by atoms with E-state index in [1.54, 1.807) is 12.3 Å². The summed E-state index contributed by atoms with van der Waals surface area (Å²) in [5.74, 6) is 1.72. The monoisotopic (exact) mass is 332 g/mol. The number of halogens is 1. The van der Waals surface area contributed by atoms with Crippen molar-refractivity contribution >= 4 is 28.0 Å². The first-order chi connectivity index (χ1) is 9.78. The van der Waals surface area contributed by atoms with Gasteiger partial charge in [-0.05, 0) is 27.6 Å². The zero-order chi connectivity index (χ0) is 13.9. The molecule has 2 aromatic rings. The molecule has 0 radical (unpaired) electrons. The van der Waals surface area contributed by atoms with Crippen LogP contribution in [0.2, 0.25) is 0 Å². The predicted octanol–water partition coefficient (Wildman–Crippen LogP) is 3.20. The first-order valence-electron chi connectivity index (χ1n) is 6.36. The molecule has 1 aromatic carbocycles. The summed E-state index contributed by atoms with van der Waals surface area (Å²) in [5, 5.41) is 3.31. The van der Waals surface area contributed by atoms with E-state index >= 15 is 0 Å². The minimum Gasteiger partial charge on any atom is -0.492 e. The number of pyridine rings is 1. The number of nitrogens with one attached hydrogen (secondary N) is 1. The van der Waals surface area contributed by atoms with Crippen molar-refractivity contribution in [1.82, 2.24) is 4.98 Å². The average molecular weight is 333 g/mol. The first-order valence-corrected chi connectivity index (χ1v) is 7.15. The summed E-state index contributed by atoms with van der Waals surface area (Å²) in [4.78, 5) is 15.2. The molecule has 0 atom stereocenters. The van der Waals surface area contributed by atoms with Gasteiger partial charge in [-0.1, -0.05) is 18.2 Å². The lowest BCUT2D eigenvalue weighted by molar-refractivity contribution is 0.112. The van der Waals surface area contributed by atoms with E-state index in [1.807, 2.05) is 18.2 Å². The van der Waals surface area contributed by atoms with E-state index in [2.05, 4.69) is 26.2 Å². The smallest absolute Gasteiger partial charge is 0.150 e. The molecule has 2 heterocycles. The number of nitrogens with zero attached hydrogens (tertiary/aromatic N) is 1. The predicted molar refractivity (Wildman–Crippen MR) is 80.3 cm³/mol. The molecule has 1 aromatic heterocycles. The van der Waals surface area contributed by atoms with Gasteiger partial charge in [0, 0.05) is 30.3 Å². The Kier molecular flexibility index (Phi) is 3.69. The van der Waals surface area contributed by atoms with Crippen molar-refractivity contribution in [2.24, 2.45) is 0 Å². The fourth-order valence-electron chi connectivity index (χ4n) is 2.27. The average Bonchev–Trinajstić information content (AvgIpc) is 2.97. The molecule has 0 spiro atoms. The van der Waals surface area contributed by atoms with Crippen LogP contribution in [-0.4, -0.2) is 17.9 Å². The van der Waals surface area contributed by atoms with E-state index in [0.29, 0.717) is 18.7 Å². The number of carbonyl (C=O) groups excluding carboxylic acids is 1. The van der Waals surface area contributed by atoms with E-state index in [-0.39, 0.29) is 0 Å². The van der Waals surface area contributed by atoms with Crippen LogP contribution in [0.25, 0.3) is 0 Å². The van der Waals surface area contributed by atoms with Crippen molar-refractivity contribution in [1.29, 1.82) is 0 Å². The zero-order valence-corrected chi connectivity index (χ0v) is 12.3. The zero-order valence-electron chi connectivity index (χ0n) is 10.7. The molecule has 1 aliphatic heterocycles. The highest BCUT2D eigenvalue weighted by Gasteiger charge is 2.20. The Hall–Kier alpha value is -1.88. The molecular formula is C15H13BrN2O2. The van der Waals surface area contributed by atoms with Gasteiger partial charge in [0.1, 0.15) is 17.9 Å². The molecule has 102 valence electrons. The van der Waals surface area contributed by atoms with E-state index in [9.17, 15) is 4.79 Å². The number of ether oxygens (including phenoxy) is 1. The normalized spacial score (nSPS) is 12.7. The Bertz CT molecular complexity index is 658. The summed E-state index contributed by atoms with van der Waals surface area (Å²) in [5.41, 5.74) is 2.83. The van der Waals surface area contributed by atoms with E-state index < -0.39 is 0 Å². The SMILES string of the molecule is O=Cc1cccc(CNc2ncc(Br)c3c2CCO3)c1. The summed E-state index contributed by atoms with van der Waals surface area (Å²) in [6.45, 7) is 1.32. The molecule has 0 unspecified atom stereocenters. The summed E-state index contributed by atoms with van der Waals surface area (Å²) < 4.78 is 6.47. The van der Waals surface area contributed by atoms with Crippen LogP contribution in [0.15, 0.2) is 34.9 Å². The van der Waals surface area contributed by atoms with Gasteiger partial charge in [-0.15, -0.1) is 0 Å². The van der Waals surface area contributed by atoms with Crippen LogP contribution in [0.4, 0.5) is 5.82 Å². The third-order valence-electron chi connectivity index (χ3n) is 3.23. The number of hydrogen-bond donors (Lipinski definition) is 1. The van der Waals surface area contributed by atoms with Crippen LogP contribution in [0.1, 0.15) is 21.5 Å². The van der Waals surface area contributed by atoms with Crippen LogP contribution >= 0.6 is 15.9 Å². The standard InChI is InChI=1S/C15H13BrN2O2/c16-13-8-18-15(12-4-5-20-14(12)13)17-7-10-2-1-3-11(6-10)9-19/h1-3,6,8-9H,4-5,7H2,(H,17,18). The molecule has 1 aliphatic rings. The van der Waals surface area contributed by atoms with Gasteiger partial charge in [0.05, 0.1) is 11.1 Å². The van der Waals surface area contributed by atoms with Crippen LogP contribution in [0.3, 0.4) is 0 Å².